The maximum absolute atomic E-state index is 13.7. The number of primary amides is 1. The van der Waals surface area contributed by atoms with Crippen LogP contribution in [0.15, 0.2) is 78.9 Å². The van der Waals surface area contributed by atoms with Gasteiger partial charge in [-0.25, -0.2) is 4.79 Å². The van der Waals surface area contributed by atoms with E-state index in [9.17, 15) is 34.2 Å². The van der Waals surface area contributed by atoms with Gasteiger partial charge in [-0.2, -0.15) is 0 Å². The molecule has 5 amide bonds. The summed E-state index contributed by atoms with van der Waals surface area (Å²) < 4.78 is 16.5. The zero-order valence-corrected chi connectivity index (χ0v) is 31.3. The quantitative estimate of drug-likeness (QED) is 0.0948. The van der Waals surface area contributed by atoms with E-state index in [2.05, 4.69) is 21.3 Å². The lowest BCUT2D eigenvalue weighted by Crippen LogP contribution is -2.58. The van der Waals surface area contributed by atoms with Crippen molar-refractivity contribution < 1.29 is 48.4 Å². The Morgan fingerprint density at radius 3 is 1.87 bits per heavy atom. The van der Waals surface area contributed by atoms with Crippen LogP contribution < -0.4 is 36.5 Å². The summed E-state index contributed by atoms with van der Waals surface area (Å²) in [4.78, 5) is 64.3. The van der Waals surface area contributed by atoms with Crippen LogP contribution in [0.5, 0.6) is 17.2 Å². The molecule has 0 fully saturated rings. The van der Waals surface area contributed by atoms with Gasteiger partial charge in [0.15, 0.2) is 12.2 Å². The molecular formula is C39H51N5O10. The van der Waals surface area contributed by atoms with E-state index < -0.39 is 72.1 Å². The van der Waals surface area contributed by atoms with Gasteiger partial charge < -0.3 is 46.1 Å². The number of carbonyl (C=O) groups is 5. The minimum Gasteiger partial charge on any atom is -0.497 e. The van der Waals surface area contributed by atoms with E-state index in [1.807, 2.05) is 32.0 Å². The van der Waals surface area contributed by atoms with E-state index >= 15 is 0 Å². The summed E-state index contributed by atoms with van der Waals surface area (Å²) in [6.07, 6.45) is -6.09. The lowest BCUT2D eigenvalue weighted by molar-refractivity contribution is -0.142. The molecule has 8 N–H and O–H groups in total. The van der Waals surface area contributed by atoms with E-state index in [4.69, 9.17) is 19.9 Å². The third-order valence-corrected chi connectivity index (χ3v) is 8.24. The molecule has 0 spiro atoms. The topological polar surface area (TPSA) is 228 Å². The minimum atomic E-state index is -2.12. The van der Waals surface area contributed by atoms with Crippen molar-refractivity contribution in [3.05, 3.63) is 84.4 Å². The van der Waals surface area contributed by atoms with Gasteiger partial charge in [-0.3, -0.25) is 24.5 Å². The highest BCUT2D eigenvalue weighted by Gasteiger charge is 2.37. The van der Waals surface area contributed by atoms with Crippen LogP contribution in [0.2, 0.25) is 0 Å². The van der Waals surface area contributed by atoms with Gasteiger partial charge in [-0.1, -0.05) is 58.0 Å². The average molecular weight is 750 g/mol. The number of hydrogen-bond acceptors (Lipinski definition) is 10. The first-order valence-corrected chi connectivity index (χ1v) is 17.6. The van der Waals surface area contributed by atoms with Crippen LogP contribution in [-0.2, 0) is 30.3 Å². The van der Waals surface area contributed by atoms with E-state index in [0.29, 0.717) is 28.5 Å². The average Bonchev–Trinajstić information content (AvgIpc) is 3.13. The maximum atomic E-state index is 13.7. The fourth-order valence-corrected chi connectivity index (χ4v) is 5.28. The predicted molar refractivity (Wildman–Crippen MR) is 201 cm³/mol. The Morgan fingerprint density at radius 1 is 0.722 bits per heavy atom. The molecule has 0 saturated heterocycles. The summed E-state index contributed by atoms with van der Waals surface area (Å²) in [6.45, 7) is 8.33. The number of benzene rings is 3. The van der Waals surface area contributed by atoms with Gasteiger partial charge in [0.05, 0.1) is 13.2 Å². The Morgan fingerprint density at radius 2 is 1.31 bits per heavy atom. The standard InChI is InChI=1S/C39H51N5O10/c1-22(2)20-31(35(40)47)44-36(48)24(5)41-37(49)33(46)32(45)30(21-25-12-16-27(52-6)17-13-25)43-38(50)34(23(3)4)54-39(51)42-26-14-18-29(19-15-26)53-28-10-8-7-9-11-28/h7-19,22-24,30-34,45-46H,20-21H2,1-6H3,(H2,40,47)(H,41,49)(H,42,51)(H,43,50)(H,44,48). The highest BCUT2D eigenvalue weighted by Crippen LogP contribution is 2.23. The number of amides is 5. The minimum absolute atomic E-state index is 0.0379. The summed E-state index contributed by atoms with van der Waals surface area (Å²) in [7, 11) is 1.49. The van der Waals surface area contributed by atoms with Gasteiger partial charge in [0.2, 0.25) is 11.8 Å². The number of aliphatic hydroxyl groups is 2. The lowest BCUT2D eigenvalue weighted by Gasteiger charge is -2.30. The smallest absolute Gasteiger partial charge is 0.412 e. The van der Waals surface area contributed by atoms with Crippen LogP contribution in [0.25, 0.3) is 0 Å². The molecule has 15 heteroatoms. The second kappa shape index (κ2) is 20.5. The zero-order valence-electron chi connectivity index (χ0n) is 31.3. The van der Waals surface area contributed by atoms with Crippen molar-refractivity contribution >= 4 is 35.4 Å². The van der Waals surface area contributed by atoms with Gasteiger partial charge >= 0.3 is 6.09 Å². The number of rotatable bonds is 19. The summed E-state index contributed by atoms with van der Waals surface area (Å²) in [6, 6.07) is 18.8. The van der Waals surface area contributed by atoms with E-state index in [-0.39, 0.29) is 18.8 Å². The fraction of sp³-hybridized carbons (Fsp3) is 0.410. The Balaban J connectivity index is 1.71. The molecule has 54 heavy (non-hydrogen) atoms. The molecule has 0 bridgehead atoms. The van der Waals surface area contributed by atoms with Crippen molar-refractivity contribution in [1.82, 2.24) is 16.0 Å². The number of aliphatic hydroxyl groups excluding tert-OH is 2. The van der Waals surface area contributed by atoms with E-state index in [1.165, 1.54) is 14.0 Å². The third kappa shape index (κ3) is 13.4. The molecular weight excluding hydrogens is 698 g/mol. The van der Waals surface area contributed by atoms with Gasteiger partial charge in [-0.15, -0.1) is 0 Å². The van der Waals surface area contributed by atoms with Gasteiger partial charge in [0.1, 0.15) is 35.4 Å². The molecule has 0 heterocycles. The zero-order chi connectivity index (χ0) is 39.9. The molecule has 6 atom stereocenters. The maximum Gasteiger partial charge on any atom is 0.412 e. The molecule has 0 radical (unpaired) electrons. The molecule has 3 aromatic rings. The summed E-state index contributed by atoms with van der Waals surface area (Å²) >= 11 is 0. The first kappa shape index (κ1) is 42.7. The normalized spacial score (nSPS) is 14.4. The second-order valence-electron chi connectivity index (χ2n) is 13.6. The monoisotopic (exact) mass is 749 g/mol. The van der Waals surface area contributed by atoms with Crippen molar-refractivity contribution in [2.75, 3.05) is 12.4 Å². The molecule has 3 rings (SSSR count). The van der Waals surface area contributed by atoms with Crippen LogP contribution in [0.4, 0.5) is 10.5 Å². The number of ether oxygens (including phenoxy) is 3. The van der Waals surface area contributed by atoms with Crippen LogP contribution in [0, 0.1) is 11.8 Å². The van der Waals surface area contributed by atoms with Crippen LogP contribution in [0.1, 0.15) is 46.6 Å². The van der Waals surface area contributed by atoms with Crippen LogP contribution >= 0.6 is 0 Å². The molecule has 0 saturated carbocycles. The Hall–Kier alpha value is -5.67. The summed E-state index contributed by atoms with van der Waals surface area (Å²) in [5, 5.41) is 32.3. The molecule has 0 aliphatic heterocycles. The molecule has 3 aromatic carbocycles. The van der Waals surface area contributed by atoms with Crippen LogP contribution in [0.3, 0.4) is 0 Å². The number of para-hydroxylation sites is 1. The first-order chi connectivity index (χ1) is 25.6. The molecule has 292 valence electrons. The molecule has 15 nitrogen and oxygen atoms in total. The van der Waals surface area contributed by atoms with E-state index in [0.717, 1.165) is 0 Å². The number of carbonyl (C=O) groups excluding carboxylic acids is 5. The van der Waals surface area contributed by atoms with Gasteiger partial charge in [-0.05, 0) is 85.7 Å². The largest absolute Gasteiger partial charge is 0.497 e. The Labute approximate surface area is 314 Å². The molecule has 0 aliphatic rings. The Bertz CT molecular complexity index is 1690. The molecule has 6 unspecified atom stereocenters. The summed E-state index contributed by atoms with van der Waals surface area (Å²) in [5.41, 5.74) is 6.38. The highest BCUT2D eigenvalue weighted by molar-refractivity contribution is 5.92. The fourth-order valence-electron chi connectivity index (χ4n) is 5.28. The van der Waals surface area contributed by atoms with Gasteiger partial charge in [0, 0.05) is 5.69 Å². The number of nitrogens with two attached hydrogens (primary N) is 1. The van der Waals surface area contributed by atoms with E-state index in [1.54, 1.807) is 74.5 Å². The number of nitrogens with one attached hydrogen (secondary N) is 4. The number of anilines is 1. The molecule has 0 aliphatic carbocycles. The van der Waals surface area contributed by atoms with Gasteiger partial charge in [0.25, 0.3) is 11.8 Å². The van der Waals surface area contributed by atoms with Crippen molar-refractivity contribution in [3.63, 3.8) is 0 Å². The van der Waals surface area contributed by atoms with Crippen molar-refractivity contribution in [1.29, 1.82) is 0 Å². The van der Waals surface area contributed by atoms with Crippen molar-refractivity contribution in [2.24, 2.45) is 17.6 Å². The SMILES string of the molecule is COc1ccc(CC(NC(=O)C(OC(=O)Nc2ccc(Oc3ccccc3)cc2)C(C)C)C(O)C(O)C(=O)NC(C)C(=O)NC(CC(C)C)C(N)=O)cc1. The third-order valence-electron chi connectivity index (χ3n) is 8.24. The predicted octanol–water partition coefficient (Wildman–Crippen LogP) is 3.03. The Kier molecular flexibility index (Phi) is 16.3. The van der Waals surface area contributed by atoms with Crippen LogP contribution in [-0.4, -0.2) is 83.5 Å². The lowest BCUT2D eigenvalue weighted by atomic mass is 9.96. The number of methoxy groups -OCH3 is 1. The second-order valence-corrected chi connectivity index (χ2v) is 13.6. The molecule has 0 aromatic heterocycles. The number of hydrogen-bond donors (Lipinski definition) is 7. The first-order valence-electron chi connectivity index (χ1n) is 17.6. The summed E-state index contributed by atoms with van der Waals surface area (Å²) in [5.74, 6) is -2.16. The van der Waals surface area contributed by atoms with Crippen molar-refractivity contribution in [3.8, 4) is 17.2 Å². The van der Waals surface area contributed by atoms with Crippen molar-refractivity contribution in [2.45, 2.75) is 83.9 Å². The highest BCUT2D eigenvalue weighted by atomic mass is 16.6.